The van der Waals surface area contributed by atoms with Crippen molar-refractivity contribution in [3.63, 3.8) is 0 Å². The van der Waals surface area contributed by atoms with Crippen LogP contribution in [0.4, 0.5) is 0 Å². The first-order valence-electron chi connectivity index (χ1n) is 13.1. The zero-order valence-corrected chi connectivity index (χ0v) is 20.9. The minimum atomic E-state index is 0.0209. The Morgan fingerprint density at radius 2 is 1.03 bits per heavy atom. The summed E-state index contributed by atoms with van der Waals surface area (Å²) in [6.45, 7) is 13.5. The maximum atomic E-state index is 12.3. The van der Waals surface area contributed by atoms with Crippen LogP contribution in [0.2, 0.25) is 0 Å². The van der Waals surface area contributed by atoms with Gasteiger partial charge < -0.3 is 4.74 Å². The van der Waals surface area contributed by atoms with Crippen LogP contribution < -0.4 is 0 Å². The maximum absolute atomic E-state index is 12.3. The monoisotopic (exact) mass is 410 g/mol. The van der Waals surface area contributed by atoms with Crippen LogP contribution in [0.15, 0.2) is 0 Å². The third kappa shape index (κ3) is 19.2. The number of esters is 1. The molecule has 0 unspecified atom stereocenters. The number of carbonyl (C=O) groups excluding carboxylic acids is 1. The zero-order chi connectivity index (χ0) is 21.9. The molecule has 2 nitrogen and oxygen atoms in total. The van der Waals surface area contributed by atoms with Crippen LogP contribution >= 0.6 is 0 Å². The second-order valence-electron chi connectivity index (χ2n) is 10.2. The minimum Gasteiger partial charge on any atom is -0.462 e. The van der Waals surface area contributed by atoms with Gasteiger partial charge in [0.05, 0.1) is 0 Å². The smallest absolute Gasteiger partial charge is 0.306 e. The van der Waals surface area contributed by atoms with E-state index in [1.807, 2.05) is 0 Å². The van der Waals surface area contributed by atoms with Crippen LogP contribution in [0.1, 0.15) is 144 Å². The van der Waals surface area contributed by atoms with E-state index in [4.69, 9.17) is 4.74 Å². The molecule has 0 rings (SSSR count). The van der Waals surface area contributed by atoms with Crippen molar-refractivity contribution in [3.05, 3.63) is 0 Å². The molecule has 0 spiro atoms. The molecular formula is C27H54O2. The molecule has 2 heteroatoms. The Bertz CT molecular complexity index is 350. The van der Waals surface area contributed by atoms with E-state index in [-0.39, 0.29) is 12.1 Å². The van der Waals surface area contributed by atoms with Crippen LogP contribution in [-0.4, -0.2) is 12.1 Å². The van der Waals surface area contributed by atoms with Crippen molar-refractivity contribution in [3.8, 4) is 0 Å². The molecule has 0 aliphatic rings. The second kappa shape index (κ2) is 19.4. The summed E-state index contributed by atoms with van der Waals surface area (Å²) >= 11 is 0. The number of rotatable bonds is 20. The lowest BCUT2D eigenvalue weighted by Crippen LogP contribution is -2.25. The van der Waals surface area contributed by atoms with E-state index in [1.54, 1.807) is 0 Å². The van der Waals surface area contributed by atoms with Gasteiger partial charge in [0.15, 0.2) is 0 Å². The SMILES string of the molecule is CCCCCCCCCCCCCC(=O)O[C@@H](C)C(CCC(C)C)CCC(C)C. The predicted molar refractivity (Wildman–Crippen MR) is 128 cm³/mol. The number of hydrogen-bond donors (Lipinski definition) is 0. The van der Waals surface area contributed by atoms with Gasteiger partial charge in [-0.15, -0.1) is 0 Å². The van der Waals surface area contributed by atoms with Crippen LogP contribution in [0.25, 0.3) is 0 Å². The number of carbonyl (C=O) groups is 1. The molecular weight excluding hydrogens is 356 g/mol. The molecule has 0 aromatic heterocycles. The van der Waals surface area contributed by atoms with E-state index in [0.717, 1.165) is 18.3 Å². The Morgan fingerprint density at radius 1 is 0.621 bits per heavy atom. The molecule has 0 bridgehead atoms. The van der Waals surface area contributed by atoms with Crippen molar-refractivity contribution in [2.45, 2.75) is 150 Å². The lowest BCUT2D eigenvalue weighted by atomic mass is 9.88. The van der Waals surface area contributed by atoms with Crippen LogP contribution in [0, 0.1) is 17.8 Å². The van der Waals surface area contributed by atoms with Gasteiger partial charge in [-0.05, 0) is 43.9 Å². The molecule has 29 heavy (non-hydrogen) atoms. The molecule has 0 aliphatic heterocycles. The molecule has 0 aliphatic carbocycles. The summed E-state index contributed by atoms with van der Waals surface area (Å²) in [7, 11) is 0. The van der Waals surface area contributed by atoms with Gasteiger partial charge in [-0.2, -0.15) is 0 Å². The molecule has 0 N–H and O–H groups in total. The summed E-state index contributed by atoms with van der Waals surface area (Å²) < 4.78 is 5.83. The highest BCUT2D eigenvalue weighted by Gasteiger charge is 2.21. The molecule has 0 aromatic rings. The third-order valence-corrected chi connectivity index (χ3v) is 6.20. The number of hydrogen-bond acceptors (Lipinski definition) is 2. The summed E-state index contributed by atoms with van der Waals surface area (Å²) in [5.74, 6) is 1.97. The Morgan fingerprint density at radius 3 is 1.45 bits per heavy atom. The molecule has 0 fully saturated rings. The quantitative estimate of drug-likeness (QED) is 0.148. The first-order valence-corrected chi connectivity index (χ1v) is 13.1. The molecule has 0 aromatic carbocycles. The van der Waals surface area contributed by atoms with Crippen LogP contribution in [-0.2, 0) is 9.53 Å². The van der Waals surface area contributed by atoms with Crippen molar-refractivity contribution in [2.75, 3.05) is 0 Å². The lowest BCUT2D eigenvalue weighted by molar-refractivity contribution is -0.151. The van der Waals surface area contributed by atoms with E-state index in [0.29, 0.717) is 12.3 Å². The van der Waals surface area contributed by atoms with E-state index >= 15 is 0 Å². The van der Waals surface area contributed by atoms with Gasteiger partial charge in [0.2, 0.25) is 0 Å². The molecule has 0 radical (unpaired) electrons. The van der Waals surface area contributed by atoms with Crippen molar-refractivity contribution in [2.24, 2.45) is 17.8 Å². The summed E-state index contributed by atoms with van der Waals surface area (Å²) in [5.41, 5.74) is 0. The molecule has 0 heterocycles. The van der Waals surface area contributed by atoms with Gasteiger partial charge in [-0.3, -0.25) is 4.79 Å². The van der Waals surface area contributed by atoms with Gasteiger partial charge in [0.1, 0.15) is 6.10 Å². The Kier molecular flexibility index (Phi) is 19.1. The highest BCUT2D eigenvalue weighted by molar-refractivity contribution is 5.69. The van der Waals surface area contributed by atoms with Gasteiger partial charge >= 0.3 is 5.97 Å². The predicted octanol–water partition coefficient (Wildman–Crippen LogP) is 9.11. The summed E-state index contributed by atoms with van der Waals surface area (Å²) in [6.07, 6.45) is 19.9. The lowest BCUT2D eigenvalue weighted by Gasteiger charge is -2.25. The van der Waals surface area contributed by atoms with Crippen LogP contribution in [0.3, 0.4) is 0 Å². The standard InChI is InChI=1S/C27H54O2/c1-7-8-9-10-11-12-13-14-15-16-17-18-27(28)29-25(6)26(21-19-23(2)3)22-20-24(4)5/h23-26H,7-22H2,1-6H3/t25-/m0/s1. The van der Waals surface area contributed by atoms with Gasteiger partial charge in [-0.1, -0.05) is 112 Å². The summed E-state index contributed by atoms with van der Waals surface area (Å²) in [4.78, 5) is 12.3. The molecule has 0 amide bonds. The highest BCUT2D eigenvalue weighted by Crippen LogP contribution is 2.25. The molecule has 1 atom stereocenters. The fraction of sp³-hybridized carbons (Fsp3) is 0.963. The van der Waals surface area contributed by atoms with E-state index in [1.165, 1.54) is 89.9 Å². The Labute approximate surface area is 184 Å². The van der Waals surface area contributed by atoms with E-state index in [9.17, 15) is 4.79 Å². The van der Waals surface area contributed by atoms with E-state index < -0.39 is 0 Å². The van der Waals surface area contributed by atoms with E-state index in [2.05, 4.69) is 41.5 Å². The maximum Gasteiger partial charge on any atom is 0.306 e. The van der Waals surface area contributed by atoms with Crippen molar-refractivity contribution >= 4 is 5.97 Å². The van der Waals surface area contributed by atoms with Gasteiger partial charge in [-0.25, -0.2) is 0 Å². The number of unbranched alkanes of at least 4 members (excludes halogenated alkanes) is 10. The first-order chi connectivity index (χ1) is 13.9. The van der Waals surface area contributed by atoms with Crippen LogP contribution in [0.5, 0.6) is 0 Å². The Hall–Kier alpha value is -0.530. The largest absolute Gasteiger partial charge is 0.462 e. The van der Waals surface area contributed by atoms with Crippen molar-refractivity contribution in [1.82, 2.24) is 0 Å². The van der Waals surface area contributed by atoms with Gasteiger partial charge in [0, 0.05) is 6.42 Å². The van der Waals surface area contributed by atoms with Crippen molar-refractivity contribution < 1.29 is 9.53 Å². The second-order valence-corrected chi connectivity index (χ2v) is 10.2. The zero-order valence-electron chi connectivity index (χ0n) is 20.9. The topological polar surface area (TPSA) is 26.3 Å². The third-order valence-electron chi connectivity index (χ3n) is 6.20. The summed E-state index contributed by atoms with van der Waals surface area (Å²) in [6, 6.07) is 0. The fourth-order valence-electron chi connectivity index (χ4n) is 4.00. The normalized spacial score (nSPS) is 12.9. The minimum absolute atomic E-state index is 0.0209. The fourth-order valence-corrected chi connectivity index (χ4v) is 4.00. The summed E-state index contributed by atoms with van der Waals surface area (Å²) in [5, 5.41) is 0. The average Bonchev–Trinajstić information content (AvgIpc) is 2.65. The van der Waals surface area contributed by atoms with Gasteiger partial charge in [0.25, 0.3) is 0 Å². The Balaban J connectivity index is 3.85. The molecule has 0 saturated carbocycles. The molecule has 174 valence electrons. The first kappa shape index (κ1) is 28.5. The number of ether oxygens (including phenoxy) is 1. The highest BCUT2D eigenvalue weighted by atomic mass is 16.5. The van der Waals surface area contributed by atoms with Crippen molar-refractivity contribution in [1.29, 1.82) is 0 Å². The average molecular weight is 411 g/mol. The molecule has 0 saturated heterocycles.